The lowest BCUT2D eigenvalue weighted by Crippen LogP contribution is -2.33. The maximum atomic E-state index is 13.1. The van der Waals surface area contributed by atoms with Gasteiger partial charge in [0, 0.05) is 36.0 Å². The quantitative estimate of drug-likeness (QED) is 0.503. The van der Waals surface area contributed by atoms with Crippen LogP contribution in [0, 0.1) is 11.3 Å². The third kappa shape index (κ3) is 3.91. The highest BCUT2D eigenvalue weighted by Crippen LogP contribution is 2.64. The van der Waals surface area contributed by atoms with Gasteiger partial charge >= 0.3 is 5.97 Å². The molecule has 0 radical (unpaired) electrons. The Bertz CT molecular complexity index is 1620. The van der Waals surface area contributed by atoms with Crippen LogP contribution >= 0.6 is 0 Å². The molecule has 3 unspecified atom stereocenters. The molecule has 2 aromatic rings. The molecule has 2 N–H and O–H groups in total. The van der Waals surface area contributed by atoms with Crippen molar-refractivity contribution in [1.29, 1.82) is 0 Å². The smallest absolute Gasteiger partial charge is 0.312 e. The normalized spacial score (nSPS) is 29.9. The van der Waals surface area contributed by atoms with Crippen LogP contribution in [0.2, 0.25) is 0 Å². The van der Waals surface area contributed by atoms with Crippen molar-refractivity contribution in [1.82, 2.24) is 9.29 Å². The number of sulfonamides is 1. The summed E-state index contributed by atoms with van der Waals surface area (Å²) < 4.78 is 35.3. The van der Waals surface area contributed by atoms with E-state index in [1.54, 1.807) is 19.2 Å². The van der Waals surface area contributed by atoms with E-state index >= 15 is 0 Å². The number of carboxylic acid groups (broad SMARTS) is 1. The zero-order chi connectivity index (χ0) is 28.0. The Morgan fingerprint density at radius 2 is 1.88 bits per heavy atom. The van der Waals surface area contributed by atoms with Crippen LogP contribution < -0.4 is 4.72 Å². The Balaban J connectivity index is 1.44. The molecule has 3 fully saturated rings. The molecule has 3 saturated carbocycles. The topological polar surface area (TPSA) is 115 Å². The summed E-state index contributed by atoms with van der Waals surface area (Å²) in [5, 5.41) is 11.0. The highest BCUT2D eigenvalue weighted by Gasteiger charge is 2.64. The van der Waals surface area contributed by atoms with Crippen molar-refractivity contribution in [2.75, 3.05) is 7.11 Å². The number of rotatable bonds is 6. The van der Waals surface area contributed by atoms with Gasteiger partial charge < -0.3 is 14.4 Å². The molecule has 5 aliphatic rings. The fourth-order valence-corrected chi connectivity index (χ4v) is 8.75. The Morgan fingerprint density at radius 3 is 2.55 bits per heavy atom. The molecule has 1 amide bonds. The third-order valence-corrected chi connectivity index (χ3v) is 11.9. The standard InChI is InChI=1S/C31H36N2O6S/c1-30(39-2)13-12-21-23(15-30)24-16-31(24,29(35)36)17-33-25-14-19(28(34)32-40(37,38)20-9-10-20)8-11-22(25)26(27(21)33)18-6-4-3-5-7-18/h8,11-12,14-15,18,20,24H,3-7,9-10,13,16-17H2,1-2H3,(H,32,34)(H,35,36). The Hall–Kier alpha value is -2.91. The number of nitrogens with zero attached hydrogens (tertiary/aromatic N) is 1. The van der Waals surface area contributed by atoms with E-state index in [0.29, 0.717) is 38.1 Å². The summed E-state index contributed by atoms with van der Waals surface area (Å²) in [6.45, 7) is 2.36. The summed E-state index contributed by atoms with van der Waals surface area (Å²) in [7, 11) is -1.99. The predicted molar refractivity (Wildman–Crippen MR) is 151 cm³/mol. The van der Waals surface area contributed by atoms with E-state index in [0.717, 1.165) is 53.4 Å². The van der Waals surface area contributed by atoms with E-state index in [1.165, 1.54) is 12.0 Å². The molecular formula is C31H36N2O6S. The highest BCUT2D eigenvalue weighted by molar-refractivity contribution is 7.91. The lowest BCUT2D eigenvalue weighted by molar-refractivity contribution is -0.144. The van der Waals surface area contributed by atoms with E-state index < -0.39 is 38.2 Å². The molecular weight excluding hydrogens is 528 g/mol. The van der Waals surface area contributed by atoms with Gasteiger partial charge in [-0.15, -0.1) is 0 Å². The van der Waals surface area contributed by atoms with Gasteiger partial charge in [-0.25, -0.2) is 13.1 Å². The number of carbonyl (C=O) groups excluding carboxylic acids is 1. The molecule has 0 spiro atoms. The lowest BCUT2D eigenvalue weighted by atomic mass is 9.78. The molecule has 0 saturated heterocycles. The van der Waals surface area contributed by atoms with Gasteiger partial charge in [0.1, 0.15) is 0 Å². The van der Waals surface area contributed by atoms with Crippen molar-refractivity contribution in [2.45, 2.75) is 88.0 Å². The number of fused-ring (bicyclic) bond motifs is 7. The van der Waals surface area contributed by atoms with Crippen molar-refractivity contribution in [2.24, 2.45) is 11.3 Å². The van der Waals surface area contributed by atoms with E-state index in [9.17, 15) is 23.1 Å². The molecule has 1 aliphatic heterocycles. The van der Waals surface area contributed by atoms with E-state index in [4.69, 9.17) is 4.74 Å². The van der Waals surface area contributed by atoms with Gasteiger partial charge in [-0.05, 0) is 86.3 Å². The minimum atomic E-state index is -3.69. The summed E-state index contributed by atoms with van der Waals surface area (Å²) in [4.78, 5) is 25.9. The van der Waals surface area contributed by atoms with Gasteiger partial charge in [0.05, 0.1) is 22.0 Å². The summed E-state index contributed by atoms with van der Waals surface area (Å²) in [6.07, 6.45) is 12.4. The fourth-order valence-electron chi connectivity index (χ4n) is 7.45. The molecule has 3 atom stereocenters. The molecule has 7 rings (SSSR count). The Kier molecular flexibility index (Phi) is 5.72. The maximum Gasteiger partial charge on any atom is 0.312 e. The average Bonchev–Trinajstić information content (AvgIpc) is 3.85. The van der Waals surface area contributed by atoms with Crippen molar-refractivity contribution in [3.8, 4) is 0 Å². The SMILES string of the molecule is COC1(C)C=C2C(=CC1)c1c(C3CCCCC3)c3ccc(C(=O)NS(=O)(=O)C4CC4)cc3n1CC1(C(=O)O)CC21. The highest BCUT2D eigenvalue weighted by atomic mass is 32.2. The molecule has 1 aromatic carbocycles. The Labute approximate surface area is 234 Å². The third-order valence-electron chi connectivity index (χ3n) is 10.1. The zero-order valence-electron chi connectivity index (χ0n) is 23.0. The van der Waals surface area contributed by atoms with Crippen LogP contribution in [0.4, 0.5) is 0 Å². The second kappa shape index (κ2) is 8.79. The molecule has 2 heterocycles. The van der Waals surface area contributed by atoms with Gasteiger partial charge in [0.25, 0.3) is 5.91 Å². The molecule has 8 nitrogen and oxygen atoms in total. The number of aliphatic carboxylic acids is 1. The number of amides is 1. The molecule has 40 heavy (non-hydrogen) atoms. The zero-order valence-corrected chi connectivity index (χ0v) is 23.9. The fraction of sp³-hybridized carbons (Fsp3) is 0.548. The second-order valence-corrected chi connectivity index (χ2v) is 14.7. The van der Waals surface area contributed by atoms with E-state index in [-0.39, 0.29) is 11.5 Å². The minimum Gasteiger partial charge on any atom is -0.481 e. The van der Waals surface area contributed by atoms with Crippen LogP contribution in [0.25, 0.3) is 16.5 Å². The number of ether oxygens (including phenoxy) is 1. The summed E-state index contributed by atoms with van der Waals surface area (Å²) in [5.74, 6) is -1.20. The largest absolute Gasteiger partial charge is 0.481 e. The van der Waals surface area contributed by atoms with Crippen LogP contribution in [0.15, 0.2) is 35.9 Å². The van der Waals surface area contributed by atoms with E-state index in [1.807, 2.05) is 13.0 Å². The van der Waals surface area contributed by atoms with Gasteiger partial charge in [-0.3, -0.25) is 9.59 Å². The van der Waals surface area contributed by atoms with Crippen LogP contribution in [-0.2, 0) is 26.1 Å². The van der Waals surface area contributed by atoms with Crippen LogP contribution in [-0.4, -0.2) is 47.9 Å². The van der Waals surface area contributed by atoms with Crippen molar-refractivity contribution in [3.05, 3.63) is 52.7 Å². The van der Waals surface area contributed by atoms with Crippen LogP contribution in [0.5, 0.6) is 0 Å². The summed E-state index contributed by atoms with van der Waals surface area (Å²) in [5.41, 5.74) is 4.13. The first-order chi connectivity index (χ1) is 19.1. The number of aromatic nitrogens is 1. The lowest BCUT2D eigenvalue weighted by Gasteiger charge is -2.31. The first-order valence-corrected chi connectivity index (χ1v) is 16.1. The summed E-state index contributed by atoms with van der Waals surface area (Å²) >= 11 is 0. The second-order valence-electron chi connectivity index (χ2n) is 12.7. The first-order valence-electron chi connectivity index (χ1n) is 14.5. The number of carbonyl (C=O) groups is 2. The minimum absolute atomic E-state index is 0.102. The molecule has 0 bridgehead atoms. The number of methoxy groups -OCH3 is 1. The first kappa shape index (κ1) is 26.0. The number of hydrogen-bond donors (Lipinski definition) is 2. The number of allylic oxidation sites excluding steroid dienone is 2. The summed E-state index contributed by atoms with van der Waals surface area (Å²) in [6, 6.07) is 5.43. The molecule has 1 aromatic heterocycles. The van der Waals surface area contributed by atoms with Crippen LogP contribution in [0.3, 0.4) is 0 Å². The van der Waals surface area contributed by atoms with Crippen molar-refractivity contribution < 1.29 is 27.9 Å². The van der Waals surface area contributed by atoms with Crippen LogP contribution in [0.1, 0.15) is 92.2 Å². The maximum absolute atomic E-state index is 13.1. The number of carboxylic acids is 1. The predicted octanol–water partition coefficient (Wildman–Crippen LogP) is 5.13. The van der Waals surface area contributed by atoms with Gasteiger partial charge in [0.15, 0.2) is 0 Å². The number of hydrogen-bond acceptors (Lipinski definition) is 5. The van der Waals surface area contributed by atoms with E-state index in [2.05, 4.69) is 21.4 Å². The van der Waals surface area contributed by atoms with Crippen molar-refractivity contribution >= 4 is 38.4 Å². The molecule has 9 heteroatoms. The van der Waals surface area contributed by atoms with Gasteiger partial charge in [-0.2, -0.15) is 0 Å². The average molecular weight is 565 g/mol. The van der Waals surface area contributed by atoms with Gasteiger partial charge in [0.2, 0.25) is 10.0 Å². The number of nitrogens with one attached hydrogen (secondary N) is 1. The molecule has 212 valence electrons. The monoisotopic (exact) mass is 564 g/mol. The molecule has 4 aliphatic carbocycles. The Morgan fingerprint density at radius 1 is 1.12 bits per heavy atom. The number of benzene rings is 1. The van der Waals surface area contributed by atoms with Crippen molar-refractivity contribution in [3.63, 3.8) is 0 Å². The van der Waals surface area contributed by atoms with Gasteiger partial charge in [-0.1, -0.05) is 31.4 Å².